The van der Waals surface area contributed by atoms with Gasteiger partial charge >= 0.3 is 0 Å². The normalized spacial score (nSPS) is 26.5. The third kappa shape index (κ3) is 5.04. The molecule has 2 heterocycles. The van der Waals surface area contributed by atoms with Gasteiger partial charge in [-0.25, -0.2) is 0 Å². The predicted octanol–water partition coefficient (Wildman–Crippen LogP) is 0.827. The lowest BCUT2D eigenvalue weighted by Crippen LogP contribution is -2.37. The predicted molar refractivity (Wildman–Crippen MR) is 79.5 cm³/mol. The van der Waals surface area contributed by atoms with Crippen molar-refractivity contribution in [3.63, 3.8) is 0 Å². The molecule has 2 aliphatic rings. The largest absolute Gasteiger partial charge is 0.377 e. The summed E-state index contributed by atoms with van der Waals surface area (Å²) >= 11 is 0. The summed E-state index contributed by atoms with van der Waals surface area (Å²) < 4.78 is 5.70. The van der Waals surface area contributed by atoms with E-state index in [2.05, 4.69) is 4.90 Å². The smallest absolute Gasteiger partial charge is 0.222 e. The van der Waals surface area contributed by atoms with Crippen LogP contribution in [0.4, 0.5) is 0 Å². The molecule has 5 heteroatoms. The third-order valence-corrected chi connectivity index (χ3v) is 4.24. The highest BCUT2D eigenvalue weighted by molar-refractivity contribution is 5.76. The highest BCUT2D eigenvalue weighted by Gasteiger charge is 2.23. The van der Waals surface area contributed by atoms with E-state index in [1.807, 2.05) is 11.8 Å². The number of nitrogens with two attached hydrogens (primary N) is 1. The summed E-state index contributed by atoms with van der Waals surface area (Å²) in [5.41, 5.74) is 5.72. The number of rotatable bonds is 5. The van der Waals surface area contributed by atoms with Crippen molar-refractivity contribution in [1.82, 2.24) is 9.80 Å². The van der Waals surface area contributed by atoms with Gasteiger partial charge in [0.25, 0.3) is 0 Å². The Morgan fingerprint density at radius 2 is 2.15 bits per heavy atom. The van der Waals surface area contributed by atoms with Crippen molar-refractivity contribution in [3.8, 4) is 0 Å². The highest BCUT2D eigenvalue weighted by atomic mass is 16.5. The zero-order valence-electron chi connectivity index (χ0n) is 12.7. The summed E-state index contributed by atoms with van der Waals surface area (Å²) in [6, 6.07) is 0.113. The van der Waals surface area contributed by atoms with Crippen LogP contribution in [0.5, 0.6) is 0 Å². The molecule has 2 unspecified atom stereocenters. The Balaban J connectivity index is 1.72. The number of ether oxygens (including phenoxy) is 1. The average Bonchev–Trinajstić information content (AvgIpc) is 2.81. The van der Waals surface area contributed by atoms with Crippen molar-refractivity contribution in [2.75, 3.05) is 39.3 Å². The molecule has 2 atom stereocenters. The summed E-state index contributed by atoms with van der Waals surface area (Å²) in [4.78, 5) is 16.6. The van der Waals surface area contributed by atoms with Crippen LogP contribution in [0.25, 0.3) is 0 Å². The number of hydrogen-bond donors (Lipinski definition) is 1. The van der Waals surface area contributed by atoms with E-state index in [4.69, 9.17) is 10.5 Å². The molecule has 2 aliphatic heterocycles. The molecule has 2 rings (SSSR count). The standard InChI is InChI=1S/C15H29N3O2/c1-13(16)5-6-15(19)18-8-3-7-17(9-10-18)12-14-4-2-11-20-14/h13-14H,2-12,16H2,1H3. The lowest BCUT2D eigenvalue weighted by Gasteiger charge is -2.24. The minimum absolute atomic E-state index is 0.113. The van der Waals surface area contributed by atoms with E-state index in [1.54, 1.807) is 0 Å². The zero-order valence-corrected chi connectivity index (χ0v) is 12.7. The van der Waals surface area contributed by atoms with Gasteiger partial charge in [-0.2, -0.15) is 0 Å². The second-order valence-electron chi connectivity index (χ2n) is 6.19. The first-order valence-corrected chi connectivity index (χ1v) is 8.02. The Morgan fingerprint density at radius 3 is 2.85 bits per heavy atom. The summed E-state index contributed by atoms with van der Waals surface area (Å²) in [7, 11) is 0. The molecule has 2 saturated heterocycles. The number of carbonyl (C=O) groups excluding carboxylic acids is 1. The molecule has 0 aromatic carbocycles. The van der Waals surface area contributed by atoms with Gasteiger partial charge in [0.2, 0.25) is 5.91 Å². The van der Waals surface area contributed by atoms with Crippen LogP contribution in [-0.2, 0) is 9.53 Å². The fraction of sp³-hybridized carbons (Fsp3) is 0.933. The molecule has 2 N–H and O–H groups in total. The lowest BCUT2D eigenvalue weighted by molar-refractivity contribution is -0.131. The van der Waals surface area contributed by atoms with Gasteiger partial charge in [0.05, 0.1) is 6.10 Å². The first kappa shape index (κ1) is 15.7. The third-order valence-electron chi connectivity index (χ3n) is 4.24. The molecule has 0 aliphatic carbocycles. The zero-order chi connectivity index (χ0) is 14.4. The Hall–Kier alpha value is -0.650. The van der Waals surface area contributed by atoms with Gasteiger partial charge in [0, 0.05) is 45.2 Å². The van der Waals surface area contributed by atoms with Crippen molar-refractivity contribution in [2.45, 2.75) is 51.2 Å². The molecule has 116 valence electrons. The van der Waals surface area contributed by atoms with Gasteiger partial charge in [0.1, 0.15) is 0 Å². The average molecular weight is 283 g/mol. The van der Waals surface area contributed by atoms with E-state index in [1.165, 1.54) is 12.8 Å². The molecule has 20 heavy (non-hydrogen) atoms. The van der Waals surface area contributed by atoms with E-state index >= 15 is 0 Å². The quantitative estimate of drug-likeness (QED) is 0.812. The van der Waals surface area contributed by atoms with Gasteiger partial charge in [-0.05, 0) is 39.2 Å². The van der Waals surface area contributed by atoms with E-state index in [9.17, 15) is 4.79 Å². The molecule has 5 nitrogen and oxygen atoms in total. The van der Waals surface area contributed by atoms with Crippen LogP contribution in [-0.4, -0.2) is 67.2 Å². The van der Waals surface area contributed by atoms with Crippen LogP contribution in [0.3, 0.4) is 0 Å². The number of nitrogens with zero attached hydrogens (tertiary/aromatic N) is 2. The van der Waals surface area contributed by atoms with Crippen molar-refractivity contribution >= 4 is 5.91 Å². The van der Waals surface area contributed by atoms with Crippen LogP contribution in [0, 0.1) is 0 Å². The minimum Gasteiger partial charge on any atom is -0.377 e. The van der Waals surface area contributed by atoms with E-state index in [0.717, 1.165) is 52.2 Å². The fourth-order valence-electron chi connectivity index (χ4n) is 2.99. The number of amides is 1. The first-order chi connectivity index (χ1) is 9.65. The SMILES string of the molecule is CC(N)CCC(=O)N1CCCN(CC2CCCO2)CC1. The van der Waals surface area contributed by atoms with Crippen LogP contribution in [0.15, 0.2) is 0 Å². The molecule has 0 bridgehead atoms. The van der Waals surface area contributed by atoms with Crippen LogP contribution >= 0.6 is 0 Å². The molecule has 1 amide bonds. The Labute approximate surface area is 122 Å². The van der Waals surface area contributed by atoms with Crippen molar-refractivity contribution in [1.29, 1.82) is 0 Å². The van der Waals surface area contributed by atoms with Gasteiger partial charge in [-0.1, -0.05) is 0 Å². The van der Waals surface area contributed by atoms with Crippen LogP contribution in [0.1, 0.15) is 39.0 Å². The second kappa shape index (κ2) is 7.96. The van der Waals surface area contributed by atoms with Gasteiger partial charge < -0.3 is 15.4 Å². The summed E-state index contributed by atoms with van der Waals surface area (Å²) in [6.07, 6.45) is 5.23. The molecular formula is C15H29N3O2. The summed E-state index contributed by atoms with van der Waals surface area (Å²) in [6.45, 7) is 7.70. The van der Waals surface area contributed by atoms with E-state index in [0.29, 0.717) is 12.5 Å². The number of hydrogen-bond acceptors (Lipinski definition) is 4. The Bertz CT molecular complexity index is 303. The Kier molecular flexibility index (Phi) is 6.26. The van der Waals surface area contributed by atoms with Crippen molar-refractivity contribution in [3.05, 3.63) is 0 Å². The fourth-order valence-corrected chi connectivity index (χ4v) is 2.99. The number of carbonyl (C=O) groups is 1. The maximum Gasteiger partial charge on any atom is 0.222 e. The van der Waals surface area contributed by atoms with Crippen molar-refractivity contribution < 1.29 is 9.53 Å². The van der Waals surface area contributed by atoms with Gasteiger partial charge in [-0.3, -0.25) is 9.69 Å². The Morgan fingerprint density at radius 1 is 1.30 bits per heavy atom. The highest BCUT2D eigenvalue weighted by Crippen LogP contribution is 2.15. The van der Waals surface area contributed by atoms with E-state index in [-0.39, 0.29) is 11.9 Å². The molecular weight excluding hydrogens is 254 g/mol. The second-order valence-corrected chi connectivity index (χ2v) is 6.19. The minimum atomic E-state index is 0.113. The molecule has 0 aromatic rings. The first-order valence-electron chi connectivity index (χ1n) is 8.02. The topological polar surface area (TPSA) is 58.8 Å². The maximum absolute atomic E-state index is 12.1. The van der Waals surface area contributed by atoms with Gasteiger partial charge in [-0.15, -0.1) is 0 Å². The molecule has 0 saturated carbocycles. The molecule has 0 spiro atoms. The molecule has 2 fully saturated rings. The van der Waals surface area contributed by atoms with Crippen LogP contribution < -0.4 is 5.73 Å². The molecule has 0 radical (unpaired) electrons. The molecule has 0 aromatic heterocycles. The summed E-state index contributed by atoms with van der Waals surface area (Å²) in [5, 5.41) is 0. The van der Waals surface area contributed by atoms with E-state index < -0.39 is 0 Å². The van der Waals surface area contributed by atoms with Crippen LogP contribution in [0.2, 0.25) is 0 Å². The summed E-state index contributed by atoms with van der Waals surface area (Å²) in [5.74, 6) is 0.265. The lowest BCUT2D eigenvalue weighted by atomic mass is 10.2. The monoisotopic (exact) mass is 283 g/mol. The van der Waals surface area contributed by atoms with Gasteiger partial charge in [0.15, 0.2) is 0 Å². The maximum atomic E-state index is 12.1. The van der Waals surface area contributed by atoms with Crippen molar-refractivity contribution in [2.24, 2.45) is 5.73 Å².